The van der Waals surface area contributed by atoms with Crippen LogP contribution in [0.25, 0.3) is 0 Å². The van der Waals surface area contributed by atoms with Crippen molar-refractivity contribution in [3.05, 3.63) is 64.2 Å². The second-order valence-electron chi connectivity index (χ2n) is 13.6. The zero-order valence-electron chi connectivity index (χ0n) is 27.6. The van der Waals surface area contributed by atoms with E-state index in [4.69, 9.17) is 9.47 Å². The first-order chi connectivity index (χ1) is 19.2. The van der Waals surface area contributed by atoms with E-state index in [9.17, 15) is 18.3 Å². The Hall–Kier alpha value is -2.58. The molecule has 0 fully saturated rings. The largest absolute Gasteiger partial charge is 0.491 e. The lowest BCUT2D eigenvalue weighted by molar-refractivity contribution is 0.0216. The van der Waals surface area contributed by atoms with Crippen molar-refractivity contribution in [2.45, 2.75) is 106 Å². The van der Waals surface area contributed by atoms with E-state index in [1.165, 1.54) is 22.3 Å². The standard InChI is InChI=1S/C34H53NO6S/c1-12-34(13-2,28-16-17-29(25(4)21-28)40-23-30(36)32(5,6)7)27-15-14-26(24(3)20-27)22-35(18-19-42(11,38)39)31(37)41-33(8,9)10/h14-17,20-21,30,36H,12-13,18-19,22-23H2,1-11H3. The van der Waals surface area contributed by atoms with Crippen LogP contribution in [0.2, 0.25) is 0 Å². The normalized spacial score (nSPS) is 13.5. The van der Waals surface area contributed by atoms with Gasteiger partial charge >= 0.3 is 6.09 Å². The molecule has 1 amide bonds. The van der Waals surface area contributed by atoms with Gasteiger partial charge in [-0.15, -0.1) is 0 Å². The van der Waals surface area contributed by atoms with Crippen LogP contribution in [0.15, 0.2) is 36.4 Å². The number of hydrogen-bond acceptors (Lipinski definition) is 6. The summed E-state index contributed by atoms with van der Waals surface area (Å²) in [6.45, 7) is 20.4. The molecule has 2 rings (SSSR count). The number of aliphatic hydroxyl groups is 1. The number of hydrogen-bond donors (Lipinski definition) is 1. The van der Waals surface area contributed by atoms with E-state index in [0.29, 0.717) is 0 Å². The van der Waals surface area contributed by atoms with Gasteiger partial charge in [0.1, 0.15) is 27.8 Å². The fourth-order valence-corrected chi connectivity index (χ4v) is 5.53. The van der Waals surface area contributed by atoms with Gasteiger partial charge in [-0.1, -0.05) is 65.0 Å². The molecule has 236 valence electrons. The highest BCUT2D eigenvalue weighted by atomic mass is 32.2. The Bertz CT molecular complexity index is 1320. The van der Waals surface area contributed by atoms with Gasteiger partial charge < -0.3 is 19.5 Å². The van der Waals surface area contributed by atoms with Crippen LogP contribution in [0.4, 0.5) is 4.79 Å². The van der Waals surface area contributed by atoms with Gasteiger partial charge in [0.2, 0.25) is 0 Å². The highest BCUT2D eigenvalue weighted by Crippen LogP contribution is 2.41. The molecule has 1 unspecified atom stereocenters. The molecule has 7 nitrogen and oxygen atoms in total. The first kappa shape index (κ1) is 35.6. The second-order valence-corrected chi connectivity index (χ2v) is 15.9. The van der Waals surface area contributed by atoms with Crippen molar-refractivity contribution in [1.82, 2.24) is 4.90 Å². The predicted molar refractivity (Wildman–Crippen MR) is 171 cm³/mol. The second kappa shape index (κ2) is 13.8. The number of aliphatic hydroxyl groups excluding tert-OH is 1. The third kappa shape index (κ3) is 9.73. The van der Waals surface area contributed by atoms with Gasteiger partial charge in [0.15, 0.2) is 0 Å². The molecule has 2 aromatic rings. The van der Waals surface area contributed by atoms with Crippen LogP contribution in [-0.4, -0.2) is 61.4 Å². The third-order valence-corrected chi connectivity index (χ3v) is 8.90. The van der Waals surface area contributed by atoms with Crippen LogP contribution >= 0.6 is 0 Å². The smallest absolute Gasteiger partial charge is 0.410 e. The minimum absolute atomic E-state index is 0.0588. The van der Waals surface area contributed by atoms with Gasteiger partial charge in [-0.25, -0.2) is 13.2 Å². The Balaban J connectivity index is 2.39. The van der Waals surface area contributed by atoms with E-state index >= 15 is 0 Å². The molecule has 1 N–H and O–H groups in total. The van der Waals surface area contributed by atoms with Crippen LogP contribution in [0.3, 0.4) is 0 Å². The van der Waals surface area contributed by atoms with Gasteiger partial charge in [-0.05, 0) is 86.8 Å². The lowest BCUT2D eigenvalue weighted by Gasteiger charge is -2.35. The third-order valence-electron chi connectivity index (χ3n) is 7.97. The summed E-state index contributed by atoms with van der Waals surface area (Å²) in [6.07, 6.45) is 1.86. The summed E-state index contributed by atoms with van der Waals surface area (Å²) in [5.74, 6) is 0.637. The van der Waals surface area contributed by atoms with Crippen molar-refractivity contribution >= 4 is 15.9 Å². The number of carbonyl (C=O) groups is 1. The van der Waals surface area contributed by atoms with Crippen LogP contribution < -0.4 is 4.74 Å². The number of sulfone groups is 1. The summed E-state index contributed by atoms with van der Waals surface area (Å²) in [6, 6.07) is 12.7. The molecule has 42 heavy (non-hydrogen) atoms. The van der Waals surface area contributed by atoms with Gasteiger partial charge in [0.25, 0.3) is 0 Å². The number of benzene rings is 2. The number of carbonyl (C=O) groups excluding carboxylic acids is 1. The first-order valence-corrected chi connectivity index (χ1v) is 17.0. The van der Waals surface area contributed by atoms with Crippen molar-refractivity contribution < 1.29 is 27.8 Å². The molecule has 0 aliphatic carbocycles. The number of aryl methyl sites for hydroxylation is 2. The molecule has 2 aromatic carbocycles. The maximum absolute atomic E-state index is 13.0. The van der Waals surface area contributed by atoms with E-state index in [0.717, 1.165) is 35.3 Å². The van der Waals surface area contributed by atoms with E-state index in [1.54, 1.807) is 20.8 Å². The van der Waals surface area contributed by atoms with Crippen molar-refractivity contribution in [2.24, 2.45) is 5.41 Å². The van der Waals surface area contributed by atoms with Crippen molar-refractivity contribution in [3.8, 4) is 5.75 Å². The minimum Gasteiger partial charge on any atom is -0.491 e. The molecule has 8 heteroatoms. The predicted octanol–water partition coefficient (Wildman–Crippen LogP) is 6.98. The molecule has 0 spiro atoms. The summed E-state index contributed by atoms with van der Waals surface area (Å²) in [5, 5.41) is 10.4. The zero-order valence-corrected chi connectivity index (χ0v) is 28.4. The van der Waals surface area contributed by atoms with Crippen molar-refractivity contribution in [1.29, 1.82) is 0 Å². The average Bonchev–Trinajstić information content (AvgIpc) is 2.85. The summed E-state index contributed by atoms with van der Waals surface area (Å²) in [5.41, 5.74) is 4.21. The van der Waals surface area contributed by atoms with Crippen LogP contribution in [-0.2, 0) is 26.5 Å². The molecular formula is C34H53NO6S. The van der Waals surface area contributed by atoms with E-state index in [-0.39, 0.29) is 36.3 Å². The maximum atomic E-state index is 13.0. The van der Waals surface area contributed by atoms with Gasteiger partial charge in [-0.3, -0.25) is 0 Å². The number of ether oxygens (including phenoxy) is 2. The summed E-state index contributed by atoms with van der Waals surface area (Å²) < 4.78 is 35.3. The Morgan fingerprint density at radius 3 is 1.93 bits per heavy atom. The van der Waals surface area contributed by atoms with Gasteiger partial charge in [0, 0.05) is 24.8 Å². The molecule has 1 atom stereocenters. The topological polar surface area (TPSA) is 93.1 Å². The van der Waals surface area contributed by atoms with Crippen LogP contribution in [0.1, 0.15) is 96.0 Å². The molecule has 0 radical (unpaired) electrons. The number of nitrogens with zero attached hydrogens (tertiary/aromatic N) is 1. The summed E-state index contributed by atoms with van der Waals surface area (Å²) in [4.78, 5) is 14.4. The van der Waals surface area contributed by atoms with E-state index in [2.05, 4.69) is 38.1 Å². The fourth-order valence-electron chi connectivity index (χ4n) is 4.97. The number of rotatable bonds is 12. The minimum atomic E-state index is -3.25. The summed E-state index contributed by atoms with van der Waals surface area (Å²) in [7, 11) is -3.25. The molecule has 0 heterocycles. The van der Waals surface area contributed by atoms with Crippen molar-refractivity contribution in [2.75, 3.05) is 25.2 Å². The first-order valence-electron chi connectivity index (χ1n) is 14.9. The maximum Gasteiger partial charge on any atom is 0.410 e. The number of amides is 1. The van der Waals surface area contributed by atoms with E-state index < -0.39 is 27.6 Å². The molecule has 0 saturated heterocycles. The molecule has 0 aliphatic rings. The summed E-state index contributed by atoms with van der Waals surface area (Å²) >= 11 is 0. The Morgan fingerprint density at radius 2 is 1.48 bits per heavy atom. The van der Waals surface area contributed by atoms with Gasteiger partial charge in [-0.2, -0.15) is 0 Å². The van der Waals surface area contributed by atoms with E-state index in [1.807, 2.05) is 46.8 Å². The lowest BCUT2D eigenvalue weighted by Crippen LogP contribution is -2.39. The molecule has 0 saturated carbocycles. The lowest BCUT2D eigenvalue weighted by atomic mass is 9.70. The highest BCUT2D eigenvalue weighted by molar-refractivity contribution is 7.90. The van der Waals surface area contributed by atoms with Gasteiger partial charge in [0.05, 0.1) is 11.9 Å². The average molecular weight is 604 g/mol. The Labute approximate surface area is 254 Å². The molecular weight excluding hydrogens is 550 g/mol. The SMILES string of the molecule is CCC(CC)(c1ccc(CN(CCS(C)(=O)=O)C(=O)OC(C)(C)C)c(C)c1)c1ccc(OCC(O)C(C)(C)C)c(C)c1. The van der Waals surface area contributed by atoms with Crippen LogP contribution in [0, 0.1) is 19.3 Å². The highest BCUT2D eigenvalue weighted by Gasteiger charge is 2.32. The zero-order chi connectivity index (χ0) is 32.1. The Kier molecular flexibility index (Phi) is 11.7. The molecule has 0 aromatic heterocycles. The molecule has 0 aliphatic heterocycles. The molecule has 0 bridgehead atoms. The van der Waals surface area contributed by atoms with Crippen molar-refractivity contribution in [3.63, 3.8) is 0 Å². The van der Waals surface area contributed by atoms with Crippen LogP contribution in [0.5, 0.6) is 5.75 Å². The Morgan fingerprint density at radius 1 is 0.929 bits per heavy atom. The fraction of sp³-hybridized carbons (Fsp3) is 0.618. The monoisotopic (exact) mass is 603 g/mol. The quantitative estimate of drug-likeness (QED) is 0.281.